The molecule has 2 aromatic carbocycles. The Bertz CT molecular complexity index is 896. The molecule has 134 valence electrons. The Kier molecular flexibility index (Phi) is 4.65. The lowest BCUT2D eigenvalue weighted by molar-refractivity contribution is 0.353. The Morgan fingerprint density at radius 2 is 1.69 bits per heavy atom. The van der Waals surface area contributed by atoms with Crippen LogP contribution in [0.1, 0.15) is 24.3 Å². The molecule has 0 amide bonds. The number of hydrogen-bond donors (Lipinski definition) is 0. The lowest BCUT2D eigenvalue weighted by Gasteiger charge is -2.34. The molecule has 2 heterocycles. The highest BCUT2D eigenvalue weighted by atomic mass is 16.5. The summed E-state index contributed by atoms with van der Waals surface area (Å²) < 4.78 is 10.8. The summed E-state index contributed by atoms with van der Waals surface area (Å²) in [5.74, 6) is 2.16. The van der Waals surface area contributed by atoms with E-state index in [9.17, 15) is 0 Å². The molecular formula is C22H24N2O2. The highest BCUT2D eigenvalue weighted by Crippen LogP contribution is 2.36. The molecule has 0 radical (unpaired) electrons. The minimum atomic E-state index is 0.555. The second kappa shape index (κ2) is 7.24. The molecule has 1 aromatic heterocycles. The lowest BCUT2D eigenvalue weighted by Crippen LogP contribution is -2.33. The summed E-state index contributed by atoms with van der Waals surface area (Å²) >= 11 is 0. The molecular weight excluding hydrogens is 324 g/mol. The van der Waals surface area contributed by atoms with Gasteiger partial charge in [-0.15, -0.1) is 0 Å². The molecule has 1 fully saturated rings. The SMILES string of the molecule is COc1ccc(C2CCN(c3ccnc4ccccc34)CC2)cc1OC. The number of aromatic nitrogens is 1. The number of para-hydroxylation sites is 1. The van der Waals surface area contributed by atoms with Crippen LogP contribution in [-0.2, 0) is 0 Å². The van der Waals surface area contributed by atoms with Crippen LogP contribution in [0.4, 0.5) is 5.69 Å². The van der Waals surface area contributed by atoms with Gasteiger partial charge in [0.15, 0.2) is 11.5 Å². The maximum atomic E-state index is 5.46. The van der Waals surface area contributed by atoms with Crippen LogP contribution in [0.25, 0.3) is 10.9 Å². The van der Waals surface area contributed by atoms with E-state index in [1.165, 1.54) is 16.6 Å². The van der Waals surface area contributed by atoms with Crippen molar-refractivity contribution >= 4 is 16.6 Å². The maximum Gasteiger partial charge on any atom is 0.160 e. The van der Waals surface area contributed by atoms with Crippen LogP contribution < -0.4 is 14.4 Å². The maximum absolute atomic E-state index is 5.46. The quantitative estimate of drug-likeness (QED) is 0.688. The second-order valence-corrected chi connectivity index (χ2v) is 6.72. The average molecular weight is 348 g/mol. The van der Waals surface area contributed by atoms with Crippen LogP contribution >= 0.6 is 0 Å². The fourth-order valence-electron chi connectivity index (χ4n) is 3.92. The summed E-state index contributed by atoms with van der Waals surface area (Å²) in [6.45, 7) is 2.10. The molecule has 0 N–H and O–H groups in total. The molecule has 0 saturated carbocycles. The Labute approximate surface area is 154 Å². The van der Waals surface area contributed by atoms with Crippen LogP contribution in [0.2, 0.25) is 0 Å². The number of fused-ring (bicyclic) bond motifs is 1. The van der Waals surface area contributed by atoms with Gasteiger partial charge in [-0.2, -0.15) is 0 Å². The summed E-state index contributed by atoms with van der Waals surface area (Å²) in [5.41, 5.74) is 3.69. The molecule has 0 atom stereocenters. The van der Waals surface area contributed by atoms with Crippen molar-refractivity contribution < 1.29 is 9.47 Å². The highest BCUT2D eigenvalue weighted by molar-refractivity contribution is 5.91. The van der Waals surface area contributed by atoms with E-state index < -0.39 is 0 Å². The van der Waals surface area contributed by atoms with Gasteiger partial charge in [0.2, 0.25) is 0 Å². The molecule has 1 aliphatic heterocycles. The number of pyridine rings is 1. The Morgan fingerprint density at radius 1 is 0.923 bits per heavy atom. The molecule has 4 heteroatoms. The molecule has 0 spiro atoms. The number of nitrogens with zero attached hydrogens (tertiary/aromatic N) is 2. The number of ether oxygens (including phenoxy) is 2. The van der Waals surface area contributed by atoms with Gasteiger partial charge in [0.1, 0.15) is 0 Å². The van der Waals surface area contributed by atoms with Crippen molar-refractivity contribution in [1.29, 1.82) is 0 Å². The number of rotatable bonds is 4. The second-order valence-electron chi connectivity index (χ2n) is 6.72. The van der Waals surface area contributed by atoms with Crippen molar-refractivity contribution in [3.05, 3.63) is 60.3 Å². The third-order valence-electron chi connectivity index (χ3n) is 5.34. The normalized spacial score (nSPS) is 15.2. The van der Waals surface area contributed by atoms with E-state index in [0.717, 1.165) is 42.9 Å². The van der Waals surface area contributed by atoms with Crippen LogP contribution in [0, 0.1) is 0 Å². The van der Waals surface area contributed by atoms with Gasteiger partial charge in [-0.05, 0) is 48.6 Å². The molecule has 4 nitrogen and oxygen atoms in total. The standard InChI is InChI=1S/C22H24N2O2/c1-25-21-8-7-17(15-22(21)26-2)16-10-13-24(14-11-16)20-9-12-23-19-6-4-3-5-18(19)20/h3-9,12,15-16H,10-11,13-14H2,1-2H3. The van der Waals surface area contributed by atoms with Gasteiger partial charge in [0, 0.05) is 30.4 Å². The van der Waals surface area contributed by atoms with Crippen molar-refractivity contribution in [3.63, 3.8) is 0 Å². The number of hydrogen-bond acceptors (Lipinski definition) is 4. The fourth-order valence-corrected chi connectivity index (χ4v) is 3.92. The lowest BCUT2D eigenvalue weighted by atomic mass is 9.89. The zero-order valence-electron chi connectivity index (χ0n) is 15.3. The van der Waals surface area contributed by atoms with Crippen LogP contribution in [0.15, 0.2) is 54.7 Å². The third-order valence-corrected chi connectivity index (χ3v) is 5.34. The van der Waals surface area contributed by atoms with E-state index in [0.29, 0.717) is 5.92 Å². The molecule has 0 aliphatic carbocycles. The van der Waals surface area contributed by atoms with Crippen LogP contribution in [-0.4, -0.2) is 32.3 Å². The first kappa shape index (κ1) is 16.7. The molecule has 3 aromatic rings. The van der Waals surface area contributed by atoms with Crippen LogP contribution in [0.3, 0.4) is 0 Å². The Balaban J connectivity index is 1.52. The zero-order chi connectivity index (χ0) is 17.9. The number of benzene rings is 2. The van der Waals surface area contributed by atoms with Crippen molar-refractivity contribution in [3.8, 4) is 11.5 Å². The molecule has 1 saturated heterocycles. The number of piperidine rings is 1. The Hall–Kier alpha value is -2.75. The van der Waals surface area contributed by atoms with E-state index in [4.69, 9.17) is 9.47 Å². The summed E-state index contributed by atoms with van der Waals surface area (Å²) in [7, 11) is 3.37. The molecule has 0 unspecified atom stereocenters. The summed E-state index contributed by atoms with van der Waals surface area (Å²) in [5, 5.41) is 1.24. The van der Waals surface area contributed by atoms with E-state index >= 15 is 0 Å². The molecule has 0 bridgehead atoms. The number of anilines is 1. The van der Waals surface area contributed by atoms with Gasteiger partial charge in [0.05, 0.1) is 19.7 Å². The highest BCUT2D eigenvalue weighted by Gasteiger charge is 2.23. The Morgan fingerprint density at radius 3 is 2.46 bits per heavy atom. The van der Waals surface area contributed by atoms with Gasteiger partial charge < -0.3 is 14.4 Å². The van der Waals surface area contributed by atoms with Crippen molar-refractivity contribution in [1.82, 2.24) is 4.98 Å². The monoisotopic (exact) mass is 348 g/mol. The fraction of sp³-hybridized carbons (Fsp3) is 0.318. The van der Waals surface area contributed by atoms with Gasteiger partial charge in [-0.3, -0.25) is 4.98 Å². The van der Waals surface area contributed by atoms with Crippen LogP contribution in [0.5, 0.6) is 11.5 Å². The first-order valence-electron chi connectivity index (χ1n) is 9.11. The average Bonchev–Trinajstić information content (AvgIpc) is 2.73. The zero-order valence-corrected chi connectivity index (χ0v) is 15.3. The minimum Gasteiger partial charge on any atom is -0.493 e. The molecule has 1 aliphatic rings. The van der Waals surface area contributed by atoms with Crippen molar-refractivity contribution in [2.75, 3.05) is 32.2 Å². The van der Waals surface area contributed by atoms with Gasteiger partial charge in [-0.1, -0.05) is 24.3 Å². The first-order valence-corrected chi connectivity index (χ1v) is 9.11. The van der Waals surface area contributed by atoms with E-state index in [1.807, 2.05) is 18.3 Å². The first-order chi connectivity index (χ1) is 12.8. The summed E-state index contributed by atoms with van der Waals surface area (Å²) in [6, 6.07) is 16.8. The molecule has 26 heavy (non-hydrogen) atoms. The summed E-state index contributed by atoms with van der Waals surface area (Å²) in [4.78, 5) is 6.97. The van der Waals surface area contributed by atoms with Gasteiger partial charge in [-0.25, -0.2) is 0 Å². The number of methoxy groups -OCH3 is 2. The van der Waals surface area contributed by atoms with Gasteiger partial charge in [0.25, 0.3) is 0 Å². The minimum absolute atomic E-state index is 0.555. The van der Waals surface area contributed by atoms with Crippen molar-refractivity contribution in [2.45, 2.75) is 18.8 Å². The van der Waals surface area contributed by atoms with E-state index in [2.05, 4.69) is 46.3 Å². The van der Waals surface area contributed by atoms with Crippen molar-refractivity contribution in [2.24, 2.45) is 0 Å². The predicted molar refractivity (Wildman–Crippen MR) is 105 cm³/mol. The topological polar surface area (TPSA) is 34.6 Å². The largest absolute Gasteiger partial charge is 0.493 e. The predicted octanol–water partition coefficient (Wildman–Crippen LogP) is 4.64. The third kappa shape index (κ3) is 3.07. The van der Waals surface area contributed by atoms with Gasteiger partial charge >= 0.3 is 0 Å². The summed E-state index contributed by atoms with van der Waals surface area (Å²) in [6.07, 6.45) is 4.18. The van der Waals surface area contributed by atoms with E-state index in [1.54, 1.807) is 14.2 Å². The molecule has 4 rings (SSSR count). The van der Waals surface area contributed by atoms with E-state index in [-0.39, 0.29) is 0 Å². The smallest absolute Gasteiger partial charge is 0.160 e.